The SMILES string of the molecule is Cn1cc(CCNCC2(CCl)CCCC2)cn1. The molecule has 1 N–H and O–H groups in total. The molecule has 4 heteroatoms. The van der Waals surface area contributed by atoms with Crippen LogP contribution in [0.2, 0.25) is 0 Å². The standard InChI is InChI=1S/C13H22ClN3/c1-17-9-12(8-16-17)4-7-15-11-13(10-14)5-2-3-6-13/h8-9,15H,2-7,10-11H2,1H3. The molecule has 0 aromatic carbocycles. The van der Waals surface area contributed by atoms with Crippen molar-refractivity contribution in [2.75, 3.05) is 19.0 Å². The molecule has 1 heterocycles. The fourth-order valence-electron chi connectivity index (χ4n) is 2.67. The predicted molar refractivity (Wildman–Crippen MR) is 71.4 cm³/mol. The van der Waals surface area contributed by atoms with E-state index in [-0.39, 0.29) is 0 Å². The summed E-state index contributed by atoms with van der Waals surface area (Å²) in [5.74, 6) is 0.799. The van der Waals surface area contributed by atoms with Crippen LogP contribution in [0.25, 0.3) is 0 Å². The summed E-state index contributed by atoms with van der Waals surface area (Å²) in [5, 5.41) is 7.73. The lowest BCUT2D eigenvalue weighted by Crippen LogP contribution is -2.34. The van der Waals surface area contributed by atoms with Crippen molar-refractivity contribution >= 4 is 11.6 Å². The number of hydrogen-bond acceptors (Lipinski definition) is 2. The van der Waals surface area contributed by atoms with Gasteiger partial charge in [-0.25, -0.2) is 0 Å². The Labute approximate surface area is 109 Å². The molecule has 1 aliphatic rings. The Hall–Kier alpha value is -0.540. The third kappa shape index (κ3) is 3.46. The molecule has 1 fully saturated rings. The van der Waals surface area contributed by atoms with Crippen LogP contribution in [0.3, 0.4) is 0 Å². The maximum Gasteiger partial charge on any atom is 0.0522 e. The third-order valence-corrected chi connectivity index (χ3v) is 4.36. The molecule has 1 aliphatic carbocycles. The van der Waals surface area contributed by atoms with E-state index in [4.69, 9.17) is 11.6 Å². The van der Waals surface area contributed by atoms with Gasteiger partial charge < -0.3 is 5.32 Å². The van der Waals surface area contributed by atoms with Crippen molar-refractivity contribution < 1.29 is 0 Å². The Morgan fingerprint density at radius 1 is 1.47 bits per heavy atom. The molecular weight excluding hydrogens is 234 g/mol. The van der Waals surface area contributed by atoms with Gasteiger partial charge in [0.2, 0.25) is 0 Å². The molecule has 0 unspecified atom stereocenters. The number of alkyl halides is 1. The summed E-state index contributed by atoms with van der Waals surface area (Å²) in [6.07, 6.45) is 10.3. The van der Waals surface area contributed by atoms with E-state index in [0.717, 1.165) is 25.4 Å². The van der Waals surface area contributed by atoms with Gasteiger partial charge in [0.15, 0.2) is 0 Å². The minimum absolute atomic E-state index is 0.372. The van der Waals surface area contributed by atoms with Crippen molar-refractivity contribution in [3.8, 4) is 0 Å². The van der Waals surface area contributed by atoms with E-state index >= 15 is 0 Å². The van der Waals surface area contributed by atoms with Crippen LogP contribution in [0.1, 0.15) is 31.2 Å². The molecule has 96 valence electrons. The van der Waals surface area contributed by atoms with E-state index in [1.54, 1.807) is 0 Å². The minimum Gasteiger partial charge on any atom is -0.316 e. The molecule has 17 heavy (non-hydrogen) atoms. The van der Waals surface area contributed by atoms with Crippen LogP contribution in [0, 0.1) is 5.41 Å². The zero-order valence-corrected chi connectivity index (χ0v) is 11.3. The van der Waals surface area contributed by atoms with Crippen molar-refractivity contribution in [3.05, 3.63) is 18.0 Å². The zero-order valence-electron chi connectivity index (χ0n) is 10.6. The van der Waals surface area contributed by atoms with E-state index in [1.165, 1.54) is 31.2 Å². The average Bonchev–Trinajstić information content (AvgIpc) is 2.95. The zero-order chi connectivity index (χ0) is 12.1. The molecule has 0 atom stereocenters. The molecule has 1 saturated carbocycles. The highest BCUT2D eigenvalue weighted by molar-refractivity contribution is 6.18. The first-order valence-corrected chi connectivity index (χ1v) is 7.02. The topological polar surface area (TPSA) is 29.9 Å². The van der Waals surface area contributed by atoms with Gasteiger partial charge in [0.1, 0.15) is 0 Å². The molecule has 0 amide bonds. The highest BCUT2D eigenvalue weighted by Crippen LogP contribution is 2.38. The van der Waals surface area contributed by atoms with Crippen LogP contribution in [0.4, 0.5) is 0 Å². The number of aromatic nitrogens is 2. The Bertz CT molecular complexity index is 342. The van der Waals surface area contributed by atoms with Crippen molar-refractivity contribution in [2.45, 2.75) is 32.1 Å². The number of nitrogens with zero attached hydrogens (tertiary/aromatic N) is 2. The fourth-order valence-corrected chi connectivity index (χ4v) is 3.03. The largest absolute Gasteiger partial charge is 0.316 e. The smallest absolute Gasteiger partial charge is 0.0522 e. The number of halogens is 1. The Kier molecular flexibility index (Phi) is 4.46. The molecule has 3 nitrogen and oxygen atoms in total. The lowest BCUT2D eigenvalue weighted by molar-refractivity contribution is 0.322. The lowest BCUT2D eigenvalue weighted by Gasteiger charge is -2.26. The van der Waals surface area contributed by atoms with E-state index in [1.807, 2.05) is 17.9 Å². The van der Waals surface area contributed by atoms with Crippen LogP contribution >= 0.6 is 11.6 Å². The van der Waals surface area contributed by atoms with Crippen molar-refractivity contribution in [1.82, 2.24) is 15.1 Å². The maximum absolute atomic E-state index is 6.11. The number of hydrogen-bond donors (Lipinski definition) is 1. The molecule has 0 saturated heterocycles. The van der Waals surface area contributed by atoms with E-state index in [0.29, 0.717) is 5.41 Å². The Balaban J connectivity index is 1.69. The summed E-state index contributed by atoms with van der Waals surface area (Å²) >= 11 is 6.11. The van der Waals surface area contributed by atoms with Gasteiger partial charge in [-0.15, -0.1) is 11.6 Å². The molecule has 0 radical (unpaired) electrons. The molecule has 2 rings (SSSR count). The summed E-state index contributed by atoms with van der Waals surface area (Å²) in [7, 11) is 1.96. The second-order valence-electron chi connectivity index (χ2n) is 5.29. The van der Waals surface area contributed by atoms with Gasteiger partial charge in [-0.3, -0.25) is 4.68 Å². The molecule has 0 aliphatic heterocycles. The number of nitrogens with one attached hydrogen (secondary N) is 1. The second-order valence-corrected chi connectivity index (χ2v) is 5.56. The van der Waals surface area contributed by atoms with Crippen LogP contribution in [0.5, 0.6) is 0 Å². The van der Waals surface area contributed by atoms with E-state index in [9.17, 15) is 0 Å². The summed E-state index contributed by atoms with van der Waals surface area (Å²) in [5.41, 5.74) is 1.67. The molecule has 0 bridgehead atoms. The summed E-state index contributed by atoms with van der Waals surface area (Å²) < 4.78 is 1.85. The Morgan fingerprint density at radius 2 is 2.24 bits per heavy atom. The van der Waals surface area contributed by atoms with Gasteiger partial charge in [-0.05, 0) is 36.8 Å². The summed E-state index contributed by atoms with van der Waals surface area (Å²) in [4.78, 5) is 0. The van der Waals surface area contributed by atoms with Crippen molar-refractivity contribution in [1.29, 1.82) is 0 Å². The normalized spacial score (nSPS) is 18.7. The Morgan fingerprint density at radius 3 is 2.82 bits per heavy atom. The minimum atomic E-state index is 0.372. The van der Waals surface area contributed by atoms with Crippen molar-refractivity contribution in [3.63, 3.8) is 0 Å². The fraction of sp³-hybridized carbons (Fsp3) is 0.769. The second kappa shape index (κ2) is 5.87. The number of aryl methyl sites for hydroxylation is 1. The highest BCUT2D eigenvalue weighted by atomic mass is 35.5. The van der Waals surface area contributed by atoms with Crippen LogP contribution in [-0.4, -0.2) is 28.8 Å². The van der Waals surface area contributed by atoms with Crippen LogP contribution < -0.4 is 5.32 Å². The first kappa shape index (κ1) is 12.9. The van der Waals surface area contributed by atoms with Gasteiger partial charge in [-0.2, -0.15) is 5.10 Å². The van der Waals surface area contributed by atoms with Crippen LogP contribution in [-0.2, 0) is 13.5 Å². The predicted octanol–water partition coefficient (Wildman–Crippen LogP) is 2.35. The molecule has 1 aromatic rings. The lowest BCUT2D eigenvalue weighted by atomic mass is 9.88. The van der Waals surface area contributed by atoms with Gasteiger partial charge in [0, 0.05) is 25.7 Å². The molecular formula is C13H22ClN3. The summed E-state index contributed by atoms with van der Waals surface area (Å²) in [6, 6.07) is 0. The van der Waals surface area contributed by atoms with E-state index < -0.39 is 0 Å². The van der Waals surface area contributed by atoms with Gasteiger partial charge in [0.25, 0.3) is 0 Å². The first-order valence-electron chi connectivity index (χ1n) is 6.48. The maximum atomic E-state index is 6.11. The highest BCUT2D eigenvalue weighted by Gasteiger charge is 2.32. The molecule has 1 aromatic heterocycles. The van der Waals surface area contributed by atoms with Crippen molar-refractivity contribution in [2.24, 2.45) is 12.5 Å². The third-order valence-electron chi connectivity index (χ3n) is 3.80. The summed E-state index contributed by atoms with van der Waals surface area (Å²) in [6.45, 7) is 2.08. The van der Waals surface area contributed by atoms with Gasteiger partial charge in [-0.1, -0.05) is 12.8 Å². The quantitative estimate of drug-likeness (QED) is 0.625. The first-order chi connectivity index (χ1) is 8.24. The average molecular weight is 256 g/mol. The number of rotatable bonds is 6. The van der Waals surface area contributed by atoms with E-state index in [2.05, 4.69) is 16.6 Å². The monoisotopic (exact) mass is 255 g/mol. The van der Waals surface area contributed by atoms with Crippen LogP contribution in [0.15, 0.2) is 12.4 Å². The van der Waals surface area contributed by atoms with Gasteiger partial charge >= 0.3 is 0 Å². The molecule has 0 spiro atoms. The van der Waals surface area contributed by atoms with Gasteiger partial charge in [0.05, 0.1) is 6.20 Å².